The number of hydrogen-bond acceptors (Lipinski definition) is 6. The number of ether oxygens (including phenoxy) is 1. The Morgan fingerprint density at radius 1 is 1.12 bits per heavy atom. The third-order valence-corrected chi connectivity index (χ3v) is 4.54. The van der Waals surface area contributed by atoms with Crippen LogP contribution in [0.5, 0.6) is 5.75 Å². The fourth-order valence-corrected chi connectivity index (χ4v) is 3.07. The van der Waals surface area contributed by atoms with E-state index in [9.17, 15) is 4.79 Å². The highest BCUT2D eigenvalue weighted by molar-refractivity contribution is 7.99. The molecule has 0 fully saturated rings. The summed E-state index contributed by atoms with van der Waals surface area (Å²) in [6.07, 6.45) is 0. The molecule has 3 rings (SSSR count). The second-order valence-corrected chi connectivity index (χ2v) is 6.50. The predicted molar refractivity (Wildman–Crippen MR) is 96.7 cm³/mol. The lowest BCUT2D eigenvalue weighted by Gasteiger charge is -2.04. The monoisotopic (exact) mass is 354 g/mol. The van der Waals surface area contributed by atoms with Gasteiger partial charge in [0.2, 0.25) is 0 Å². The minimum atomic E-state index is 0.0390. The molecule has 7 heteroatoms. The largest absolute Gasteiger partial charge is 0.497 e. The number of rotatable bonds is 6. The van der Waals surface area contributed by atoms with Gasteiger partial charge in [-0.15, -0.1) is 10.2 Å². The second-order valence-electron chi connectivity index (χ2n) is 5.51. The molecule has 2 aromatic heterocycles. The van der Waals surface area contributed by atoms with Gasteiger partial charge in [-0.05, 0) is 56.3 Å². The van der Waals surface area contributed by atoms with Crippen molar-refractivity contribution in [2.24, 2.45) is 0 Å². The van der Waals surface area contributed by atoms with Gasteiger partial charge in [-0.3, -0.25) is 4.79 Å². The number of aryl methyl sites for hydroxylation is 2. The van der Waals surface area contributed by atoms with Crippen LogP contribution in [-0.4, -0.2) is 38.6 Å². The van der Waals surface area contributed by atoms with Crippen LogP contribution < -0.4 is 4.74 Å². The van der Waals surface area contributed by atoms with Crippen LogP contribution in [0.25, 0.3) is 5.82 Å². The number of Topliss-reactive ketones (excluding diaryl/α,β-unsaturated/α-hetero) is 1. The van der Waals surface area contributed by atoms with Crippen LogP contribution >= 0.6 is 11.8 Å². The van der Waals surface area contributed by atoms with Crippen molar-refractivity contribution in [2.45, 2.75) is 18.9 Å². The van der Waals surface area contributed by atoms with Gasteiger partial charge >= 0.3 is 0 Å². The number of thioether (sulfide) groups is 1. The smallest absolute Gasteiger partial charge is 0.175 e. The van der Waals surface area contributed by atoms with E-state index >= 15 is 0 Å². The maximum absolute atomic E-state index is 12.2. The summed E-state index contributed by atoms with van der Waals surface area (Å²) in [6.45, 7) is 3.91. The van der Waals surface area contributed by atoms with Crippen molar-refractivity contribution in [3.63, 3.8) is 0 Å². The summed E-state index contributed by atoms with van der Waals surface area (Å²) in [7, 11) is 1.60. The van der Waals surface area contributed by atoms with Crippen LogP contribution in [0.15, 0.2) is 47.5 Å². The zero-order valence-electron chi connectivity index (χ0n) is 14.3. The molecular weight excluding hydrogens is 336 g/mol. The Hall–Kier alpha value is -2.67. The van der Waals surface area contributed by atoms with Gasteiger partial charge in [0, 0.05) is 11.3 Å². The van der Waals surface area contributed by atoms with E-state index < -0.39 is 0 Å². The molecule has 0 amide bonds. The summed E-state index contributed by atoms with van der Waals surface area (Å²) in [5.41, 5.74) is 2.59. The van der Waals surface area contributed by atoms with Crippen LogP contribution in [0.4, 0.5) is 0 Å². The number of nitrogens with zero attached hydrogens (tertiary/aromatic N) is 4. The molecule has 0 bridgehead atoms. The molecule has 0 aliphatic rings. The molecule has 0 radical (unpaired) electrons. The van der Waals surface area contributed by atoms with Crippen molar-refractivity contribution in [3.8, 4) is 11.6 Å². The van der Waals surface area contributed by atoms with Gasteiger partial charge in [0.1, 0.15) is 10.8 Å². The van der Waals surface area contributed by atoms with Crippen molar-refractivity contribution in [1.82, 2.24) is 20.0 Å². The molecule has 0 unspecified atom stereocenters. The minimum Gasteiger partial charge on any atom is -0.497 e. The molecule has 25 heavy (non-hydrogen) atoms. The maximum atomic E-state index is 12.2. The van der Waals surface area contributed by atoms with Gasteiger partial charge in [0.15, 0.2) is 11.6 Å². The lowest BCUT2D eigenvalue weighted by molar-refractivity contribution is 0.102. The lowest BCUT2D eigenvalue weighted by atomic mass is 10.1. The van der Waals surface area contributed by atoms with E-state index in [0.29, 0.717) is 22.2 Å². The fourth-order valence-electron chi connectivity index (χ4n) is 2.36. The Labute approximate surface area is 150 Å². The molecule has 6 nitrogen and oxygen atoms in total. The van der Waals surface area contributed by atoms with Crippen LogP contribution in [0, 0.1) is 13.8 Å². The first-order valence-electron chi connectivity index (χ1n) is 7.74. The number of aromatic nitrogens is 4. The van der Waals surface area contributed by atoms with Gasteiger partial charge in [-0.2, -0.15) is 5.10 Å². The molecule has 0 atom stereocenters. The van der Waals surface area contributed by atoms with E-state index in [-0.39, 0.29) is 5.78 Å². The molecule has 0 saturated carbocycles. The van der Waals surface area contributed by atoms with Crippen molar-refractivity contribution < 1.29 is 9.53 Å². The molecule has 2 heterocycles. The summed E-state index contributed by atoms with van der Waals surface area (Å²) < 4.78 is 6.84. The Morgan fingerprint density at radius 3 is 2.44 bits per heavy atom. The van der Waals surface area contributed by atoms with Gasteiger partial charge in [-0.25, -0.2) is 4.68 Å². The third-order valence-electron chi connectivity index (χ3n) is 3.62. The normalized spacial score (nSPS) is 10.7. The van der Waals surface area contributed by atoms with E-state index in [0.717, 1.165) is 17.1 Å². The van der Waals surface area contributed by atoms with E-state index in [4.69, 9.17) is 4.74 Å². The number of hydrogen-bond donors (Lipinski definition) is 0. The molecule has 0 N–H and O–H groups in total. The number of carbonyl (C=O) groups is 1. The fraction of sp³-hybridized carbons (Fsp3) is 0.222. The summed E-state index contributed by atoms with van der Waals surface area (Å²) in [5.74, 6) is 1.74. The summed E-state index contributed by atoms with van der Waals surface area (Å²) in [5, 5.41) is 13.5. The zero-order valence-corrected chi connectivity index (χ0v) is 15.1. The first-order valence-corrected chi connectivity index (χ1v) is 8.73. The average molecular weight is 354 g/mol. The number of benzene rings is 1. The molecule has 3 aromatic rings. The van der Waals surface area contributed by atoms with E-state index in [2.05, 4.69) is 15.3 Å². The van der Waals surface area contributed by atoms with Crippen LogP contribution in [-0.2, 0) is 0 Å². The topological polar surface area (TPSA) is 69.9 Å². The predicted octanol–water partition coefficient (Wildman–Crippen LogP) is 3.26. The summed E-state index contributed by atoms with van der Waals surface area (Å²) in [6, 6.07) is 12.8. The Kier molecular flexibility index (Phi) is 5.14. The van der Waals surface area contributed by atoms with E-state index in [1.165, 1.54) is 11.8 Å². The number of methoxy groups -OCH3 is 1. The maximum Gasteiger partial charge on any atom is 0.175 e. The Bertz CT molecular complexity index is 873. The minimum absolute atomic E-state index is 0.0390. The lowest BCUT2D eigenvalue weighted by Crippen LogP contribution is -2.05. The van der Waals surface area contributed by atoms with Crippen molar-refractivity contribution >= 4 is 17.5 Å². The number of ketones is 1. The molecule has 1 aromatic carbocycles. The third kappa shape index (κ3) is 4.06. The highest BCUT2D eigenvalue weighted by Crippen LogP contribution is 2.19. The Morgan fingerprint density at radius 2 is 1.88 bits per heavy atom. The quantitative estimate of drug-likeness (QED) is 0.500. The SMILES string of the molecule is COc1ccc(C(=O)CSc2ccc(-n3nc(C)cc3C)nn2)cc1. The van der Waals surface area contributed by atoms with Crippen molar-refractivity contribution in [1.29, 1.82) is 0 Å². The molecule has 0 aliphatic carbocycles. The van der Waals surface area contributed by atoms with Crippen molar-refractivity contribution in [3.05, 3.63) is 59.4 Å². The Balaban J connectivity index is 1.63. The van der Waals surface area contributed by atoms with Crippen LogP contribution in [0.1, 0.15) is 21.7 Å². The first kappa shape index (κ1) is 17.2. The van der Waals surface area contributed by atoms with Crippen LogP contribution in [0.2, 0.25) is 0 Å². The highest BCUT2D eigenvalue weighted by Gasteiger charge is 2.09. The standard InChI is InChI=1S/C18H18N4O2S/c1-12-10-13(2)22(21-12)17-8-9-18(20-19-17)25-11-16(23)14-4-6-15(24-3)7-5-14/h4-10H,11H2,1-3H3. The van der Waals surface area contributed by atoms with Crippen molar-refractivity contribution in [2.75, 3.05) is 12.9 Å². The average Bonchev–Trinajstić information content (AvgIpc) is 2.98. The molecule has 0 saturated heterocycles. The molecule has 0 spiro atoms. The molecular formula is C18H18N4O2S. The zero-order chi connectivity index (χ0) is 17.8. The van der Waals surface area contributed by atoms with E-state index in [1.54, 1.807) is 36.1 Å². The van der Waals surface area contributed by atoms with E-state index in [1.807, 2.05) is 32.0 Å². The summed E-state index contributed by atoms with van der Waals surface area (Å²) in [4.78, 5) is 12.2. The summed E-state index contributed by atoms with van der Waals surface area (Å²) >= 11 is 1.36. The van der Waals surface area contributed by atoms with Gasteiger partial charge < -0.3 is 4.74 Å². The first-order chi connectivity index (χ1) is 12.1. The second kappa shape index (κ2) is 7.48. The molecule has 0 aliphatic heterocycles. The van der Waals surface area contributed by atoms with Gasteiger partial charge in [-0.1, -0.05) is 11.8 Å². The van der Waals surface area contributed by atoms with Gasteiger partial charge in [0.05, 0.1) is 18.6 Å². The van der Waals surface area contributed by atoms with Gasteiger partial charge in [0.25, 0.3) is 0 Å². The highest BCUT2D eigenvalue weighted by atomic mass is 32.2. The molecule has 128 valence electrons. The number of carbonyl (C=O) groups excluding carboxylic acids is 1. The van der Waals surface area contributed by atoms with Crippen LogP contribution in [0.3, 0.4) is 0 Å².